The molecule has 1 aliphatic rings. The predicted molar refractivity (Wildman–Crippen MR) is 44.8 cm³/mol. The van der Waals surface area contributed by atoms with Crippen LogP contribution in [0.3, 0.4) is 0 Å². The fraction of sp³-hybridized carbons (Fsp3) is 0.375. The summed E-state index contributed by atoms with van der Waals surface area (Å²) < 4.78 is 0. The molecule has 0 bridgehead atoms. The fourth-order valence-corrected chi connectivity index (χ4v) is 2.01. The summed E-state index contributed by atoms with van der Waals surface area (Å²) in [6, 6.07) is 4.74. The van der Waals surface area contributed by atoms with E-state index < -0.39 is 0 Å². The molecule has 1 aromatic rings. The van der Waals surface area contributed by atoms with Crippen LogP contribution >= 0.6 is 11.3 Å². The molecule has 10 heavy (non-hydrogen) atoms. The van der Waals surface area contributed by atoms with Crippen molar-refractivity contribution in [2.75, 3.05) is 0 Å². The highest BCUT2D eigenvalue weighted by molar-refractivity contribution is 7.10. The van der Waals surface area contributed by atoms with Gasteiger partial charge in [-0.05, 0) is 30.5 Å². The topological polar surface area (TPSA) is 12.4 Å². The van der Waals surface area contributed by atoms with Crippen molar-refractivity contribution < 1.29 is 0 Å². The fourth-order valence-electron chi connectivity index (χ4n) is 1.21. The lowest BCUT2D eigenvalue weighted by Crippen LogP contribution is -1.83. The second-order valence-electron chi connectivity index (χ2n) is 2.44. The minimum atomic E-state index is 0.486. The van der Waals surface area contributed by atoms with Gasteiger partial charge < -0.3 is 0 Å². The molecule has 2 heteroatoms. The molecule has 0 aliphatic carbocycles. The molecule has 1 atom stereocenters. The van der Waals surface area contributed by atoms with Gasteiger partial charge in [0.2, 0.25) is 0 Å². The van der Waals surface area contributed by atoms with Gasteiger partial charge >= 0.3 is 0 Å². The first-order valence-corrected chi connectivity index (χ1v) is 4.40. The van der Waals surface area contributed by atoms with Gasteiger partial charge in [0.25, 0.3) is 0 Å². The molecular formula is C8H9NS. The Morgan fingerprint density at radius 1 is 1.60 bits per heavy atom. The molecule has 52 valence electrons. The number of nitrogens with zero attached hydrogens (tertiary/aromatic N) is 1. The summed E-state index contributed by atoms with van der Waals surface area (Å²) in [5.41, 5.74) is 0. The summed E-state index contributed by atoms with van der Waals surface area (Å²) >= 11 is 1.81. The monoisotopic (exact) mass is 151 g/mol. The van der Waals surface area contributed by atoms with E-state index in [1.54, 1.807) is 11.3 Å². The van der Waals surface area contributed by atoms with Gasteiger partial charge in [-0.25, -0.2) is 0 Å². The molecule has 0 saturated carbocycles. The van der Waals surface area contributed by atoms with Gasteiger partial charge in [0.15, 0.2) is 0 Å². The molecule has 0 radical (unpaired) electrons. The third kappa shape index (κ3) is 0.991. The first-order chi connectivity index (χ1) is 4.97. The quantitative estimate of drug-likeness (QED) is 0.585. The van der Waals surface area contributed by atoms with E-state index in [1.807, 2.05) is 6.21 Å². The van der Waals surface area contributed by atoms with Crippen LogP contribution in [0, 0.1) is 0 Å². The van der Waals surface area contributed by atoms with E-state index in [4.69, 9.17) is 0 Å². The van der Waals surface area contributed by atoms with Gasteiger partial charge in [-0.15, -0.1) is 11.3 Å². The lowest BCUT2D eigenvalue weighted by Gasteiger charge is -2.00. The van der Waals surface area contributed by atoms with E-state index in [9.17, 15) is 0 Å². The third-order valence-corrected chi connectivity index (χ3v) is 2.70. The van der Waals surface area contributed by atoms with Crippen molar-refractivity contribution in [2.24, 2.45) is 4.99 Å². The van der Waals surface area contributed by atoms with Crippen molar-refractivity contribution in [1.29, 1.82) is 0 Å². The molecule has 1 aromatic heterocycles. The smallest absolute Gasteiger partial charge is 0.0840 e. The second-order valence-corrected chi connectivity index (χ2v) is 3.42. The number of aliphatic imine (C=N–C) groups is 1. The SMILES string of the molecule is C1=NC(c2cccs2)CC1. The maximum atomic E-state index is 4.36. The largest absolute Gasteiger partial charge is 0.289 e. The number of rotatable bonds is 1. The molecule has 2 rings (SSSR count). The van der Waals surface area contributed by atoms with E-state index >= 15 is 0 Å². The minimum Gasteiger partial charge on any atom is -0.289 e. The van der Waals surface area contributed by atoms with Crippen LogP contribution in [0.2, 0.25) is 0 Å². The Hall–Kier alpha value is -0.630. The van der Waals surface area contributed by atoms with E-state index in [2.05, 4.69) is 22.5 Å². The van der Waals surface area contributed by atoms with Crippen molar-refractivity contribution >= 4 is 17.6 Å². The summed E-state index contributed by atoms with van der Waals surface area (Å²) in [6.45, 7) is 0. The van der Waals surface area contributed by atoms with E-state index in [0.717, 1.165) is 6.42 Å². The lowest BCUT2D eigenvalue weighted by atomic mass is 10.2. The molecule has 0 spiro atoms. The summed E-state index contributed by atoms with van der Waals surface area (Å²) in [5, 5.41) is 2.11. The van der Waals surface area contributed by atoms with Crippen LogP contribution in [0.15, 0.2) is 22.5 Å². The number of hydrogen-bond donors (Lipinski definition) is 0. The lowest BCUT2D eigenvalue weighted by molar-refractivity contribution is 0.737. The molecular weight excluding hydrogens is 142 g/mol. The number of hydrogen-bond acceptors (Lipinski definition) is 2. The Kier molecular flexibility index (Phi) is 1.55. The third-order valence-electron chi connectivity index (χ3n) is 1.73. The van der Waals surface area contributed by atoms with Gasteiger partial charge in [0.05, 0.1) is 6.04 Å². The maximum Gasteiger partial charge on any atom is 0.0840 e. The molecule has 0 amide bonds. The molecule has 2 heterocycles. The van der Waals surface area contributed by atoms with Crippen LogP contribution < -0.4 is 0 Å². The Labute approximate surface area is 64.4 Å². The minimum absolute atomic E-state index is 0.486. The van der Waals surface area contributed by atoms with Gasteiger partial charge in [-0.1, -0.05) is 6.07 Å². The Bertz CT molecular complexity index is 225. The highest BCUT2D eigenvalue weighted by atomic mass is 32.1. The second kappa shape index (κ2) is 2.54. The van der Waals surface area contributed by atoms with Gasteiger partial charge in [-0.2, -0.15) is 0 Å². The highest BCUT2D eigenvalue weighted by Gasteiger charge is 2.12. The standard InChI is InChI=1S/C8H9NS/c1-3-7(9-5-1)8-4-2-6-10-8/h2,4-7H,1,3H2. The van der Waals surface area contributed by atoms with Gasteiger partial charge in [0.1, 0.15) is 0 Å². The van der Waals surface area contributed by atoms with Gasteiger partial charge in [-0.3, -0.25) is 4.99 Å². The van der Waals surface area contributed by atoms with E-state index in [0.29, 0.717) is 6.04 Å². The molecule has 0 N–H and O–H groups in total. The van der Waals surface area contributed by atoms with Crippen molar-refractivity contribution in [3.63, 3.8) is 0 Å². The molecule has 0 fully saturated rings. The van der Waals surface area contributed by atoms with Crippen LogP contribution in [0.5, 0.6) is 0 Å². The van der Waals surface area contributed by atoms with Crippen LogP contribution in [-0.4, -0.2) is 6.21 Å². The van der Waals surface area contributed by atoms with Crippen molar-refractivity contribution in [3.8, 4) is 0 Å². The van der Waals surface area contributed by atoms with Crippen molar-refractivity contribution in [2.45, 2.75) is 18.9 Å². The first-order valence-electron chi connectivity index (χ1n) is 3.52. The molecule has 1 unspecified atom stereocenters. The Balaban J connectivity index is 2.20. The highest BCUT2D eigenvalue weighted by Crippen LogP contribution is 2.29. The zero-order chi connectivity index (χ0) is 6.81. The van der Waals surface area contributed by atoms with E-state index in [-0.39, 0.29) is 0 Å². The number of thiophene rings is 1. The predicted octanol–water partition coefficient (Wildman–Crippen LogP) is 2.65. The van der Waals surface area contributed by atoms with Crippen LogP contribution in [-0.2, 0) is 0 Å². The summed E-state index contributed by atoms with van der Waals surface area (Å²) in [6.07, 6.45) is 4.40. The maximum absolute atomic E-state index is 4.36. The summed E-state index contributed by atoms with van der Waals surface area (Å²) in [4.78, 5) is 5.77. The van der Waals surface area contributed by atoms with Crippen LogP contribution in [0.1, 0.15) is 23.8 Å². The Morgan fingerprint density at radius 2 is 2.60 bits per heavy atom. The van der Waals surface area contributed by atoms with Crippen LogP contribution in [0.25, 0.3) is 0 Å². The first kappa shape index (κ1) is 6.10. The Morgan fingerprint density at radius 3 is 3.20 bits per heavy atom. The van der Waals surface area contributed by atoms with Crippen molar-refractivity contribution in [3.05, 3.63) is 22.4 Å². The summed E-state index contributed by atoms with van der Waals surface area (Å²) in [5.74, 6) is 0. The van der Waals surface area contributed by atoms with Crippen LogP contribution in [0.4, 0.5) is 0 Å². The van der Waals surface area contributed by atoms with E-state index in [1.165, 1.54) is 11.3 Å². The molecule has 1 nitrogen and oxygen atoms in total. The van der Waals surface area contributed by atoms with Gasteiger partial charge in [0, 0.05) is 4.88 Å². The molecule has 0 saturated heterocycles. The summed E-state index contributed by atoms with van der Waals surface area (Å²) in [7, 11) is 0. The zero-order valence-corrected chi connectivity index (χ0v) is 6.47. The molecule has 1 aliphatic heterocycles. The average molecular weight is 151 g/mol. The zero-order valence-electron chi connectivity index (χ0n) is 5.66. The van der Waals surface area contributed by atoms with Crippen molar-refractivity contribution in [1.82, 2.24) is 0 Å². The normalized spacial score (nSPS) is 23.8. The molecule has 0 aromatic carbocycles. The average Bonchev–Trinajstić information content (AvgIpc) is 2.59.